The predicted molar refractivity (Wildman–Crippen MR) is 95.9 cm³/mol. The van der Waals surface area contributed by atoms with Crippen LogP contribution in [0.25, 0.3) is 0 Å². The molecule has 5 heteroatoms. The number of carbonyl (C=O) groups is 2. The maximum Gasteiger partial charge on any atom is 0.253 e. The molecule has 134 valence electrons. The minimum Gasteiger partial charge on any atom is -0.368 e. The number of nitrogens with zero attached hydrogens (tertiary/aromatic N) is 1. The van der Waals surface area contributed by atoms with Crippen molar-refractivity contribution in [2.24, 2.45) is 11.7 Å². The number of carbonyl (C=O) groups excluding carboxylic acids is 2. The minimum atomic E-state index is -0.625. The lowest BCUT2D eigenvalue weighted by Gasteiger charge is -2.26. The Morgan fingerprint density at radius 3 is 2.46 bits per heavy atom. The van der Waals surface area contributed by atoms with E-state index in [2.05, 4.69) is 16.8 Å². The zero-order chi connectivity index (χ0) is 17.9. The average Bonchev–Trinajstić information content (AvgIpc) is 2.87. The quantitative estimate of drug-likeness (QED) is 0.838. The van der Waals surface area contributed by atoms with Gasteiger partial charge in [0, 0.05) is 17.4 Å². The van der Waals surface area contributed by atoms with Gasteiger partial charge in [-0.15, -0.1) is 0 Å². The number of nitrogens with one attached hydrogen (secondary N) is 1. The number of aryl methyl sites for hydroxylation is 1. The van der Waals surface area contributed by atoms with Crippen LogP contribution in [0.4, 0.5) is 0 Å². The van der Waals surface area contributed by atoms with Gasteiger partial charge in [0.2, 0.25) is 5.91 Å². The molecule has 5 nitrogen and oxygen atoms in total. The van der Waals surface area contributed by atoms with Crippen molar-refractivity contribution in [3.05, 3.63) is 23.0 Å². The fourth-order valence-corrected chi connectivity index (χ4v) is 3.86. The van der Waals surface area contributed by atoms with Crippen molar-refractivity contribution in [2.75, 3.05) is 0 Å². The van der Waals surface area contributed by atoms with Gasteiger partial charge in [0.25, 0.3) is 5.91 Å². The van der Waals surface area contributed by atoms with Crippen LogP contribution < -0.4 is 11.1 Å². The molecule has 1 fully saturated rings. The second-order valence-electron chi connectivity index (χ2n) is 7.19. The molecule has 1 aromatic heterocycles. The van der Waals surface area contributed by atoms with Gasteiger partial charge in [0.1, 0.15) is 6.04 Å². The Balaban J connectivity index is 2.22. The lowest BCUT2D eigenvalue weighted by Crippen LogP contribution is -2.48. The van der Waals surface area contributed by atoms with Gasteiger partial charge in [-0.1, -0.05) is 39.5 Å². The first-order valence-electron chi connectivity index (χ1n) is 9.15. The summed E-state index contributed by atoms with van der Waals surface area (Å²) < 4.78 is 2.30. The van der Waals surface area contributed by atoms with E-state index in [1.165, 1.54) is 32.1 Å². The molecule has 0 aromatic carbocycles. The molecule has 1 saturated carbocycles. The first-order chi connectivity index (χ1) is 11.4. The van der Waals surface area contributed by atoms with Crippen molar-refractivity contribution in [3.63, 3.8) is 0 Å². The van der Waals surface area contributed by atoms with Gasteiger partial charge in [-0.05, 0) is 38.7 Å². The monoisotopic (exact) mass is 333 g/mol. The Morgan fingerprint density at radius 2 is 1.92 bits per heavy atom. The fourth-order valence-electron chi connectivity index (χ4n) is 3.86. The molecule has 1 heterocycles. The van der Waals surface area contributed by atoms with Gasteiger partial charge in [-0.3, -0.25) is 9.59 Å². The summed E-state index contributed by atoms with van der Waals surface area (Å²) >= 11 is 0. The highest BCUT2D eigenvalue weighted by molar-refractivity contribution is 5.98. The largest absolute Gasteiger partial charge is 0.368 e. The van der Waals surface area contributed by atoms with Crippen molar-refractivity contribution in [2.45, 2.75) is 78.3 Å². The van der Waals surface area contributed by atoms with E-state index in [4.69, 9.17) is 5.73 Å². The number of rotatable bonds is 6. The van der Waals surface area contributed by atoms with Crippen molar-refractivity contribution in [1.82, 2.24) is 9.88 Å². The van der Waals surface area contributed by atoms with E-state index < -0.39 is 11.9 Å². The molecule has 2 unspecified atom stereocenters. The summed E-state index contributed by atoms with van der Waals surface area (Å²) in [4.78, 5) is 24.4. The van der Waals surface area contributed by atoms with E-state index in [1.54, 1.807) is 0 Å². The summed E-state index contributed by atoms with van der Waals surface area (Å²) in [5.41, 5.74) is 8.24. The highest BCUT2D eigenvalue weighted by Crippen LogP contribution is 2.32. The number of hydrogen-bond acceptors (Lipinski definition) is 2. The lowest BCUT2D eigenvalue weighted by molar-refractivity contribution is -0.120. The second-order valence-corrected chi connectivity index (χ2v) is 7.19. The first kappa shape index (κ1) is 18.6. The third-order valence-electron chi connectivity index (χ3n) is 5.47. The van der Waals surface area contributed by atoms with Crippen molar-refractivity contribution >= 4 is 11.8 Å². The summed E-state index contributed by atoms with van der Waals surface area (Å²) in [5, 5.41) is 2.84. The molecule has 2 rings (SSSR count). The molecule has 1 aliphatic rings. The highest BCUT2D eigenvalue weighted by atomic mass is 16.2. The van der Waals surface area contributed by atoms with Crippen LogP contribution in [0, 0.1) is 19.8 Å². The number of aromatic nitrogens is 1. The second kappa shape index (κ2) is 7.86. The molecule has 1 aliphatic carbocycles. The van der Waals surface area contributed by atoms with Crippen LogP contribution in [0.3, 0.4) is 0 Å². The van der Waals surface area contributed by atoms with Crippen molar-refractivity contribution in [3.8, 4) is 0 Å². The number of hydrogen-bond donors (Lipinski definition) is 2. The van der Waals surface area contributed by atoms with E-state index in [-0.39, 0.29) is 11.8 Å². The number of amides is 2. The van der Waals surface area contributed by atoms with Crippen LogP contribution in [-0.4, -0.2) is 22.4 Å². The predicted octanol–water partition coefficient (Wildman–Crippen LogP) is 3.24. The molecule has 2 amide bonds. The third kappa shape index (κ3) is 3.82. The molecular weight excluding hydrogens is 302 g/mol. The molecule has 3 N–H and O–H groups in total. The maximum atomic E-state index is 12.7. The summed E-state index contributed by atoms with van der Waals surface area (Å²) in [6.45, 7) is 7.97. The molecule has 2 atom stereocenters. The van der Waals surface area contributed by atoms with Crippen LogP contribution in [0.15, 0.2) is 6.07 Å². The summed E-state index contributed by atoms with van der Waals surface area (Å²) in [7, 11) is 0. The molecule has 1 aromatic rings. The normalized spacial score (nSPS) is 18.2. The molecular formula is C19H31N3O2. The Morgan fingerprint density at radius 1 is 1.29 bits per heavy atom. The van der Waals surface area contributed by atoms with E-state index in [0.717, 1.165) is 17.8 Å². The van der Waals surface area contributed by atoms with Gasteiger partial charge < -0.3 is 15.6 Å². The van der Waals surface area contributed by atoms with Gasteiger partial charge in [0.15, 0.2) is 0 Å². The number of nitrogens with two attached hydrogens (primary N) is 1. The number of primary amides is 1. The first-order valence-corrected chi connectivity index (χ1v) is 9.15. The van der Waals surface area contributed by atoms with Crippen LogP contribution in [0.2, 0.25) is 0 Å². The van der Waals surface area contributed by atoms with Gasteiger partial charge in [-0.2, -0.15) is 0 Å². The minimum absolute atomic E-state index is 0.0216. The van der Waals surface area contributed by atoms with E-state index in [1.807, 2.05) is 26.8 Å². The standard InChI is InChI=1S/C19H31N3O2/c1-5-12(2)17(18(20)23)21-19(24)16-11-13(3)22(14(16)4)15-9-7-6-8-10-15/h11-12,15,17H,5-10H2,1-4H3,(H2,20,23)(H,21,24). The Hall–Kier alpha value is -1.78. The molecule has 0 saturated heterocycles. The Kier molecular flexibility index (Phi) is 6.08. The maximum absolute atomic E-state index is 12.7. The van der Waals surface area contributed by atoms with Crippen molar-refractivity contribution in [1.29, 1.82) is 0 Å². The average molecular weight is 333 g/mol. The zero-order valence-electron chi connectivity index (χ0n) is 15.4. The fraction of sp³-hybridized carbons (Fsp3) is 0.684. The topological polar surface area (TPSA) is 77.1 Å². The molecule has 0 radical (unpaired) electrons. The molecule has 0 bridgehead atoms. The van der Waals surface area contributed by atoms with Crippen LogP contribution in [-0.2, 0) is 4.79 Å². The zero-order valence-corrected chi connectivity index (χ0v) is 15.4. The van der Waals surface area contributed by atoms with Gasteiger partial charge in [-0.25, -0.2) is 0 Å². The van der Waals surface area contributed by atoms with Gasteiger partial charge >= 0.3 is 0 Å². The lowest BCUT2D eigenvalue weighted by atomic mass is 9.95. The summed E-state index contributed by atoms with van der Waals surface area (Å²) in [6.07, 6.45) is 6.94. The van der Waals surface area contributed by atoms with Crippen LogP contribution in [0.5, 0.6) is 0 Å². The van der Waals surface area contributed by atoms with Crippen LogP contribution in [0.1, 0.15) is 80.2 Å². The molecule has 0 spiro atoms. The van der Waals surface area contributed by atoms with Crippen LogP contribution >= 0.6 is 0 Å². The molecule has 0 aliphatic heterocycles. The summed E-state index contributed by atoms with van der Waals surface area (Å²) in [5.74, 6) is -0.652. The third-order valence-corrected chi connectivity index (χ3v) is 5.47. The Labute approximate surface area is 145 Å². The van der Waals surface area contributed by atoms with Crippen molar-refractivity contribution < 1.29 is 9.59 Å². The van der Waals surface area contributed by atoms with E-state index in [0.29, 0.717) is 11.6 Å². The smallest absolute Gasteiger partial charge is 0.253 e. The summed E-state index contributed by atoms with van der Waals surface area (Å²) in [6, 6.07) is 1.80. The van der Waals surface area contributed by atoms with E-state index >= 15 is 0 Å². The highest BCUT2D eigenvalue weighted by Gasteiger charge is 2.27. The SMILES string of the molecule is CCC(C)C(NC(=O)c1cc(C)n(C2CCCCC2)c1C)C(N)=O. The molecule has 24 heavy (non-hydrogen) atoms. The Bertz CT molecular complexity index is 600. The van der Waals surface area contributed by atoms with Gasteiger partial charge in [0.05, 0.1) is 5.56 Å². The van der Waals surface area contributed by atoms with E-state index in [9.17, 15) is 9.59 Å².